The molecule has 0 bridgehead atoms. The number of pyridine rings is 2. The summed E-state index contributed by atoms with van der Waals surface area (Å²) in [5, 5.41) is 0. The van der Waals surface area contributed by atoms with Crippen molar-refractivity contribution in [3.63, 3.8) is 0 Å². The van der Waals surface area contributed by atoms with E-state index < -0.39 is 5.60 Å². The summed E-state index contributed by atoms with van der Waals surface area (Å²) in [6, 6.07) is 3.81. The van der Waals surface area contributed by atoms with Gasteiger partial charge in [0.2, 0.25) is 0 Å². The molecule has 0 saturated carbocycles. The third-order valence-electron chi connectivity index (χ3n) is 4.60. The molecule has 1 N–H and O–H groups in total. The van der Waals surface area contributed by atoms with Crippen LogP contribution in [0.2, 0.25) is 0 Å². The van der Waals surface area contributed by atoms with Crippen molar-refractivity contribution in [3.05, 3.63) is 45.4 Å². The lowest BCUT2D eigenvalue weighted by Crippen LogP contribution is -2.40. The highest BCUT2D eigenvalue weighted by atomic mass is 16.6. The number of H-pyrrole nitrogens is 1. The monoisotopic (exact) mass is 369 g/mol. The van der Waals surface area contributed by atoms with Crippen LogP contribution in [0.1, 0.15) is 51.7 Å². The first-order valence-electron chi connectivity index (χ1n) is 9.44. The molecular weight excluding hydrogens is 342 g/mol. The first-order chi connectivity index (χ1) is 12.7. The summed E-state index contributed by atoms with van der Waals surface area (Å²) in [5.41, 5.74) is 3.99. The number of nitrogens with one attached hydrogen (secondary N) is 1. The Balaban J connectivity index is 1.71. The van der Waals surface area contributed by atoms with E-state index in [1.54, 1.807) is 4.90 Å². The number of carbonyl (C=O) groups excluding carboxylic acids is 1. The second-order valence-corrected chi connectivity index (χ2v) is 7.95. The molecule has 2 aromatic heterocycles. The number of carbonyl (C=O) groups is 1. The molecular formula is C21H27N3O3. The number of likely N-dealkylation sites (tertiary alicyclic amines) is 1. The molecule has 2 aromatic rings. The fraction of sp³-hybridized carbons (Fsp3) is 0.476. The molecule has 6 heteroatoms. The molecule has 0 aromatic carbocycles. The molecule has 1 amide bonds. The minimum absolute atomic E-state index is 0.0535. The van der Waals surface area contributed by atoms with Gasteiger partial charge in [0.15, 0.2) is 0 Å². The lowest BCUT2D eigenvalue weighted by Gasteiger charge is -2.31. The highest BCUT2D eigenvalue weighted by Gasteiger charge is 2.24. The van der Waals surface area contributed by atoms with Crippen LogP contribution in [-0.2, 0) is 11.2 Å². The Morgan fingerprint density at radius 1 is 1.30 bits per heavy atom. The van der Waals surface area contributed by atoms with Crippen molar-refractivity contribution >= 4 is 23.2 Å². The molecule has 0 unspecified atom stereocenters. The van der Waals surface area contributed by atoms with Crippen LogP contribution in [0.25, 0.3) is 17.1 Å². The largest absolute Gasteiger partial charge is 0.444 e. The van der Waals surface area contributed by atoms with Crippen LogP contribution in [-0.4, -0.2) is 39.7 Å². The van der Waals surface area contributed by atoms with Gasteiger partial charge < -0.3 is 14.6 Å². The van der Waals surface area contributed by atoms with Crippen molar-refractivity contribution in [2.24, 2.45) is 0 Å². The second-order valence-electron chi connectivity index (χ2n) is 7.95. The van der Waals surface area contributed by atoms with Crippen LogP contribution >= 0.6 is 0 Å². The van der Waals surface area contributed by atoms with Gasteiger partial charge in [-0.2, -0.15) is 0 Å². The van der Waals surface area contributed by atoms with E-state index in [1.165, 1.54) is 5.57 Å². The van der Waals surface area contributed by atoms with Gasteiger partial charge in [-0.15, -0.1) is 0 Å². The minimum atomic E-state index is -0.474. The van der Waals surface area contributed by atoms with E-state index in [4.69, 9.17) is 4.74 Å². The third kappa shape index (κ3) is 4.76. The molecule has 0 radical (unpaired) electrons. The maximum absolute atomic E-state index is 12.1. The number of amides is 1. The Labute approximate surface area is 159 Å². The average molecular weight is 369 g/mol. The molecule has 27 heavy (non-hydrogen) atoms. The first-order valence-corrected chi connectivity index (χ1v) is 9.44. The molecule has 1 aliphatic heterocycles. The molecule has 1 saturated heterocycles. The molecule has 0 aliphatic carbocycles. The van der Waals surface area contributed by atoms with Crippen molar-refractivity contribution in [2.75, 3.05) is 13.1 Å². The Morgan fingerprint density at radius 2 is 2.00 bits per heavy atom. The van der Waals surface area contributed by atoms with Gasteiger partial charge in [-0.3, -0.25) is 9.78 Å². The van der Waals surface area contributed by atoms with Gasteiger partial charge in [-0.05, 0) is 57.7 Å². The number of piperidine rings is 1. The van der Waals surface area contributed by atoms with Crippen LogP contribution in [0.15, 0.2) is 28.7 Å². The molecule has 3 heterocycles. The van der Waals surface area contributed by atoms with E-state index in [-0.39, 0.29) is 11.7 Å². The topological polar surface area (TPSA) is 75.3 Å². The fourth-order valence-electron chi connectivity index (χ4n) is 3.16. The summed E-state index contributed by atoms with van der Waals surface area (Å²) in [7, 11) is 0. The van der Waals surface area contributed by atoms with Crippen LogP contribution in [0.5, 0.6) is 0 Å². The number of nitrogens with zero attached hydrogens (tertiary/aromatic N) is 2. The summed E-state index contributed by atoms with van der Waals surface area (Å²) >= 11 is 0. The highest BCUT2D eigenvalue weighted by Crippen LogP contribution is 2.22. The Kier molecular flexibility index (Phi) is 5.35. The standard InChI is InChI=1S/C21H27N3O3/c1-5-16-12-17-18(23-19(16)25)11-15(13-22-17)10-14-6-8-24(9-7-14)20(26)27-21(2,3)4/h10-13H,5-9H2,1-4H3,(H,23,25). The minimum Gasteiger partial charge on any atom is -0.444 e. The third-order valence-corrected chi connectivity index (χ3v) is 4.60. The first kappa shape index (κ1) is 19.1. The summed E-state index contributed by atoms with van der Waals surface area (Å²) in [6.07, 6.45) is 5.98. The molecule has 0 atom stereocenters. The van der Waals surface area contributed by atoms with Crippen LogP contribution in [0, 0.1) is 0 Å². The summed E-state index contributed by atoms with van der Waals surface area (Å²) in [4.78, 5) is 33.3. The SMILES string of the molecule is CCc1cc2ncc(C=C3CCN(C(=O)OC(C)(C)C)CC3)cc2[nH]c1=O. The molecule has 3 rings (SSSR count). The predicted molar refractivity (Wildman–Crippen MR) is 107 cm³/mol. The Hall–Kier alpha value is -2.63. The van der Waals surface area contributed by atoms with E-state index >= 15 is 0 Å². The summed E-state index contributed by atoms with van der Waals surface area (Å²) in [5.74, 6) is 0. The van der Waals surface area contributed by atoms with E-state index in [9.17, 15) is 9.59 Å². The zero-order valence-corrected chi connectivity index (χ0v) is 16.5. The van der Waals surface area contributed by atoms with Crippen molar-refractivity contribution in [1.29, 1.82) is 0 Å². The van der Waals surface area contributed by atoms with E-state index in [2.05, 4.69) is 16.0 Å². The van der Waals surface area contributed by atoms with E-state index in [0.717, 1.165) is 35.0 Å². The number of hydrogen-bond acceptors (Lipinski definition) is 4. The highest BCUT2D eigenvalue weighted by molar-refractivity contribution is 5.77. The molecule has 1 aliphatic rings. The second kappa shape index (κ2) is 7.55. The fourth-order valence-corrected chi connectivity index (χ4v) is 3.16. The van der Waals surface area contributed by atoms with Crippen LogP contribution in [0.4, 0.5) is 4.79 Å². The van der Waals surface area contributed by atoms with Gasteiger partial charge in [0.25, 0.3) is 5.56 Å². The number of fused-ring (bicyclic) bond motifs is 1. The van der Waals surface area contributed by atoms with Crippen molar-refractivity contribution in [3.8, 4) is 0 Å². The van der Waals surface area contributed by atoms with Crippen molar-refractivity contribution in [2.45, 2.75) is 52.6 Å². The average Bonchev–Trinajstić information content (AvgIpc) is 2.60. The maximum Gasteiger partial charge on any atom is 0.410 e. The zero-order valence-electron chi connectivity index (χ0n) is 16.5. The molecule has 144 valence electrons. The van der Waals surface area contributed by atoms with E-state index in [0.29, 0.717) is 19.5 Å². The number of hydrogen-bond donors (Lipinski definition) is 1. The number of aromatic amines is 1. The lowest BCUT2D eigenvalue weighted by molar-refractivity contribution is 0.0237. The van der Waals surface area contributed by atoms with Crippen molar-refractivity contribution < 1.29 is 9.53 Å². The molecule has 6 nitrogen and oxygen atoms in total. The number of aromatic nitrogens is 2. The molecule has 1 fully saturated rings. The number of ether oxygens (including phenoxy) is 1. The predicted octanol–water partition coefficient (Wildman–Crippen LogP) is 3.90. The quantitative estimate of drug-likeness (QED) is 0.871. The van der Waals surface area contributed by atoms with Crippen molar-refractivity contribution in [1.82, 2.24) is 14.9 Å². The van der Waals surface area contributed by atoms with Gasteiger partial charge in [-0.25, -0.2) is 4.79 Å². The van der Waals surface area contributed by atoms with Gasteiger partial charge in [0.05, 0.1) is 11.0 Å². The zero-order chi connectivity index (χ0) is 19.6. The maximum atomic E-state index is 12.1. The normalized spacial score (nSPS) is 15.1. The number of aryl methyl sites for hydroxylation is 1. The summed E-state index contributed by atoms with van der Waals surface area (Å²) < 4.78 is 5.43. The number of rotatable bonds is 2. The van der Waals surface area contributed by atoms with E-state index in [1.807, 2.05) is 46.0 Å². The van der Waals surface area contributed by atoms with Gasteiger partial charge >= 0.3 is 6.09 Å². The van der Waals surface area contributed by atoms with Gasteiger partial charge in [0, 0.05) is 24.8 Å². The smallest absolute Gasteiger partial charge is 0.410 e. The Morgan fingerprint density at radius 3 is 2.63 bits per heavy atom. The van der Waals surface area contributed by atoms with Crippen LogP contribution < -0.4 is 5.56 Å². The van der Waals surface area contributed by atoms with Gasteiger partial charge in [0.1, 0.15) is 5.60 Å². The lowest BCUT2D eigenvalue weighted by atomic mass is 10.0. The van der Waals surface area contributed by atoms with Gasteiger partial charge in [-0.1, -0.05) is 18.6 Å². The Bertz CT molecular complexity index is 928. The van der Waals surface area contributed by atoms with Crippen LogP contribution in [0.3, 0.4) is 0 Å². The molecule has 0 spiro atoms. The summed E-state index contributed by atoms with van der Waals surface area (Å²) in [6.45, 7) is 8.89.